The minimum atomic E-state index is -0.515. The number of hydrogen-bond donors (Lipinski definition) is 2. The van der Waals surface area contributed by atoms with Crippen LogP contribution in [0.5, 0.6) is 5.75 Å². The largest absolute Gasteiger partial charge is 0.508 e. The number of hydrogen-bond acceptors (Lipinski definition) is 3. The number of para-hydroxylation sites is 1. The number of aromatic hydroxyl groups is 1. The highest BCUT2D eigenvalue weighted by atomic mass is 16.3. The quantitative estimate of drug-likeness (QED) is 0.664. The summed E-state index contributed by atoms with van der Waals surface area (Å²) in [6.07, 6.45) is 2.21. The Kier molecular flexibility index (Phi) is 4.08. The van der Waals surface area contributed by atoms with E-state index >= 15 is 0 Å². The average Bonchev–Trinajstić information content (AvgIpc) is 3.20. The van der Waals surface area contributed by atoms with Crippen molar-refractivity contribution >= 4 is 22.8 Å². The van der Waals surface area contributed by atoms with Crippen molar-refractivity contribution in [3.05, 3.63) is 65.4 Å². The van der Waals surface area contributed by atoms with E-state index in [0.29, 0.717) is 13.0 Å². The summed E-state index contributed by atoms with van der Waals surface area (Å²) in [5.74, 6) is 0.0210. The van der Waals surface area contributed by atoms with Crippen LogP contribution in [0.4, 0.5) is 4.79 Å². The minimum Gasteiger partial charge on any atom is -0.508 e. The van der Waals surface area contributed by atoms with Crippen LogP contribution >= 0.6 is 0 Å². The molecule has 2 aromatic carbocycles. The summed E-state index contributed by atoms with van der Waals surface area (Å²) in [5.41, 5.74) is 3.78. The first-order chi connectivity index (χ1) is 14.1. The lowest BCUT2D eigenvalue weighted by Crippen LogP contribution is -2.44. The zero-order chi connectivity index (χ0) is 20.1. The maximum atomic E-state index is 13.3. The molecule has 2 N–H and O–H groups in total. The van der Waals surface area contributed by atoms with Gasteiger partial charge in [-0.1, -0.05) is 43.7 Å². The molecule has 3 aromatic rings. The van der Waals surface area contributed by atoms with Gasteiger partial charge >= 0.3 is 6.03 Å². The molecule has 5 rings (SSSR count). The number of aromatic nitrogens is 1. The summed E-state index contributed by atoms with van der Waals surface area (Å²) in [4.78, 5) is 33.1. The number of nitrogens with one attached hydrogen (secondary N) is 1. The van der Waals surface area contributed by atoms with Crippen LogP contribution in [0.25, 0.3) is 10.9 Å². The van der Waals surface area contributed by atoms with E-state index in [1.54, 1.807) is 23.1 Å². The summed E-state index contributed by atoms with van der Waals surface area (Å²) in [6, 6.07) is 13.8. The molecule has 1 fully saturated rings. The smallest absolute Gasteiger partial charge is 0.328 e. The molecule has 1 saturated heterocycles. The molecule has 3 amide bonds. The maximum absolute atomic E-state index is 13.3. The molecule has 0 unspecified atom stereocenters. The van der Waals surface area contributed by atoms with Gasteiger partial charge in [0.2, 0.25) is 0 Å². The van der Waals surface area contributed by atoms with Crippen molar-refractivity contribution in [3.63, 3.8) is 0 Å². The third-order valence-corrected chi connectivity index (χ3v) is 6.06. The number of fused-ring (bicyclic) bond motifs is 4. The topological polar surface area (TPSA) is 76.6 Å². The molecule has 2 aliphatic rings. The van der Waals surface area contributed by atoms with Crippen molar-refractivity contribution in [1.82, 2.24) is 14.8 Å². The Bertz CT molecular complexity index is 1120. The normalized spacial score (nSPS) is 21.0. The van der Waals surface area contributed by atoms with Crippen LogP contribution in [0.15, 0.2) is 48.5 Å². The second-order valence-electron chi connectivity index (χ2n) is 7.81. The van der Waals surface area contributed by atoms with Gasteiger partial charge in [-0.3, -0.25) is 14.6 Å². The van der Waals surface area contributed by atoms with E-state index in [-0.39, 0.29) is 17.7 Å². The number of amides is 3. The van der Waals surface area contributed by atoms with Crippen LogP contribution in [-0.4, -0.2) is 44.4 Å². The van der Waals surface area contributed by atoms with Crippen LogP contribution in [0.2, 0.25) is 0 Å². The number of rotatable bonds is 4. The van der Waals surface area contributed by atoms with Gasteiger partial charge in [0.25, 0.3) is 5.91 Å². The maximum Gasteiger partial charge on any atom is 0.328 e. The van der Waals surface area contributed by atoms with Gasteiger partial charge in [-0.15, -0.1) is 0 Å². The van der Waals surface area contributed by atoms with E-state index in [1.165, 1.54) is 4.90 Å². The number of carbonyl (C=O) groups is 2. The number of urea groups is 1. The summed E-state index contributed by atoms with van der Waals surface area (Å²) in [5, 5.41) is 11.1. The third kappa shape index (κ3) is 2.63. The Morgan fingerprint density at radius 1 is 1.14 bits per heavy atom. The number of phenols is 1. The molecule has 3 heterocycles. The highest BCUT2D eigenvalue weighted by Crippen LogP contribution is 2.44. The molecule has 0 aliphatic carbocycles. The molecule has 29 heavy (non-hydrogen) atoms. The van der Waals surface area contributed by atoms with E-state index in [4.69, 9.17) is 0 Å². The zero-order valence-electron chi connectivity index (χ0n) is 16.3. The Morgan fingerprint density at radius 3 is 2.76 bits per heavy atom. The molecule has 0 radical (unpaired) electrons. The summed E-state index contributed by atoms with van der Waals surface area (Å²) >= 11 is 0. The highest BCUT2D eigenvalue weighted by molar-refractivity contribution is 6.05. The highest BCUT2D eigenvalue weighted by Gasteiger charge is 2.52. The molecule has 0 bridgehead atoms. The molecular weight excluding hydrogens is 366 g/mol. The van der Waals surface area contributed by atoms with Crippen molar-refractivity contribution in [3.8, 4) is 5.75 Å². The summed E-state index contributed by atoms with van der Waals surface area (Å²) in [7, 11) is 0. The number of imide groups is 1. The Hall–Kier alpha value is -3.28. The van der Waals surface area contributed by atoms with E-state index in [0.717, 1.165) is 40.6 Å². The van der Waals surface area contributed by atoms with Gasteiger partial charge in [-0.25, -0.2) is 4.79 Å². The SMILES string of the molecule is CCCCN1C(=O)[C@@H]2Cc3c([nH]c4ccccc34)[C@@H](c3cccc(O)c3)N2C1=O. The first-order valence-electron chi connectivity index (χ1n) is 10.1. The third-order valence-electron chi connectivity index (χ3n) is 6.06. The van der Waals surface area contributed by atoms with Crippen LogP contribution < -0.4 is 0 Å². The Labute approximate surface area is 168 Å². The number of nitrogens with zero attached hydrogens (tertiary/aromatic N) is 2. The Balaban J connectivity index is 1.69. The second kappa shape index (κ2) is 6.65. The van der Waals surface area contributed by atoms with Crippen molar-refractivity contribution in [1.29, 1.82) is 0 Å². The van der Waals surface area contributed by atoms with Crippen LogP contribution in [0, 0.1) is 0 Å². The van der Waals surface area contributed by atoms with Gasteiger partial charge in [-0.05, 0) is 35.7 Å². The zero-order valence-corrected chi connectivity index (χ0v) is 16.3. The van der Waals surface area contributed by atoms with Gasteiger partial charge in [-0.2, -0.15) is 0 Å². The Morgan fingerprint density at radius 2 is 1.97 bits per heavy atom. The molecule has 0 saturated carbocycles. The monoisotopic (exact) mass is 389 g/mol. The number of benzene rings is 2. The number of unbranched alkanes of at least 4 members (excludes halogenated alkanes) is 1. The van der Waals surface area contributed by atoms with E-state index in [1.807, 2.05) is 31.2 Å². The van der Waals surface area contributed by atoms with Crippen molar-refractivity contribution in [2.75, 3.05) is 6.54 Å². The van der Waals surface area contributed by atoms with Crippen LogP contribution in [0.3, 0.4) is 0 Å². The van der Waals surface area contributed by atoms with Gasteiger partial charge in [0, 0.05) is 29.6 Å². The predicted molar refractivity (Wildman–Crippen MR) is 110 cm³/mol. The van der Waals surface area contributed by atoms with Gasteiger partial charge in [0.05, 0.1) is 0 Å². The lowest BCUT2D eigenvalue weighted by Gasteiger charge is -2.36. The molecule has 2 atom stereocenters. The molecular formula is C23H23N3O3. The first-order valence-corrected chi connectivity index (χ1v) is 10.1. The molecule has 6 nitrogen and oxygen atoms in total. The molecule has 2 aliphatic heterocycles. The van der Waals surface area contributed by atoms with Crippen molar-refractivity contribution in [2.24, 2.45) is 0 Å². The van der Waals surface area contributed by atoms with Gasteiger partial charge < -0.3 is 10.1 Å². The lowest BCUT2D eigenvalue weighted by atomic mass is 9.89. The molecule has 1 aromatic heterocycles. The predicted octanol–water partition coefficient (Wildman–Crippen LogP) is 3.95. The summed E-state index contributed by atoms with van der Waals surface area (Å²) < 4.78 is 0. The van der Waals surface area contributed by atoms with Crippen LogP contribution in [0.1, 0.15) is 42.6 Å². The number of carbonyl (C=O) groups excluding carboxylic acids is 2. The van der Waals surface area contributed by atoms with Gasteiger partial charge in [0.15, 0.2) is 0 Å². The minimum absolute atomic E-state index is 0.121. The average molecular weight is 389 g/mol. The molecule has 0 spiro atoms. The van der Waals surface area contributed by atoms with Crippen molar-refractivity contribution in [2.45, 2.75) is 38.3 Å². The van der Waals surface area contributed by atoms with E-state index in [2.05, 4.69) is 11.1 Å². The van der Waals surface area contributed by atoms with Crippen molar-refractivity contribution < 1.29 is 14.7 Å². The fourth-order valence-electron chi connectivity index (χ4n) is 4.69. The lowest BCUT2D eigenvalue weighted by molar-refractivity contribution is -0.128. The summed E-state index contributed by atoms with van der Waals surface area (Å²) in [6.45, 7) is 2.49. The van der Waals surface area contributed by atoms with Gasteiger partial charge in [0.1, 0.15) is 17.8 Å². The fourth-order valence-corrected chi connectivity index (χ4v) is 4.69. The number of phenolic OH excluding ortho intramolecular Hbond substituents is 1. The number of aromatic amines is 1. The second-order valence-corrected chi connectivity index (χ2v) is 7.81. The molecule has 6 heteroatoms. The van der Waals surface area contributed by atoms with E-state index < -0.39 is 12.1 Å². The molecule has 148 valence electrons. The van der Waals surface area contributed by atoms with Crippen LogP contribution in [-0.2, 0) is 11.2 Å². The number of H-pyrrole nitrogens is 1. The van der Waals surface area contributed by atoms with E-state index in [9.17, 15) is 14.7 Å². The standard InChI is InChI=1S/C23H23N3O3/c1-2-3-11-25-22(28)19-13-17-16-9-4-5-10-18(16)24-20(17)21(26(19)23(25)29)14-7-6-8-15(27)12-14/h4-10,12,19,21,24,27H,2-3,11,13H2,1H3/t19-,21+/m0/s1. The first kappa shape index (κ1) is 17.8. The fraction of sp³-hybridized carbons (Fsp3) is 0.304.